The zero-order chi connectivity index (χ0) is 16.3. The van der Waals surface area contributed by atoms with Crippen molar-refractivity contribution in [1.29, 1.82) is 0 Å². The van der Waals surface area contributed by atoms with E-state index in [1.165, 1.54) is 6.07 Å². The summed E-state index contributed by atoms with van der Waals surface area (Å²) in [6.45, 7) is 5.72. The van der Waals surface area contributed by atoms with Gasteiger partial charge in [-0.3, -0.25) is 9.59 Å². The molecular formula is C17H18N2O3. The first-order valence-corrected chi connectivity index (χ1v) is 6.86. The van der Waals surface area contributed by atoms with Gasteiger partial charge in [0, 0.05) is 5.69 Å². The van der Waals surface area contributed by atoms with Crippen LogP contribution in [0.2, 0.25) is 0 Å². The summed E-state index contributed by atoms with van der Waals surface area (Å²) in [6.07, 6.45) is 0. The Morgan fingerprint density at radius 3 is 2.23 bits per heavy atom. The number of phenolic OH excluding ortho intramolecular Hbond substituents is 1. The van der Waals surface area contributed by atoms with Gasteiger partial charge in [-0.05, 0) is 61.7 Å². The van der Waals surface area contributed by atoms with E-state index in [-0.39, 0.29) is 11.4 Å². The lowest BCUT2D eigenvalue weighted by Crippen LogP contribution is -2.29. The summed E-state index contributed by atoms with van der Waals surface area (Å²) in [7, 11) is 0. The minimum atomic E-state index is -0.834. The number of rotatable bonds is 2. The van der Waals surface area contributed by atoms with Crippen LogP contribution in [-0.2, 0) is 9.59 Å². The van der Waals surface area contributed by atoms with E-state index in [9.17, 15) is 14.7 Å². The summed E-state index contributed by atoms with van der Waals surface area (Å²) < 4.78 is 0. The van der Waals surface area contributed by atoms with Gasteiger partial charge in [0.2, 0.25) is 0 Å². The number of aromatic hydroxyl groups is 1. The standard InChI is InChI=1S/C17H18N2O3/c1-10-4-7-15(20)14(8-10)19-17(22)16(21)18-13-6-5-11(2)12(3)9-13/h4-9,20H,1-3H3,(H,18,21)(H,19,22). The zero-order valence-electron chi connectivity index (χ0n) is 12.7. The summed E-state index contributed by atoms with van der Waals surface area (Å²) >= 11 is 0. The fourth-order valence-corrected chi connectivity index (χ4v) is 1.94. The van der Waals surface area contributed by atoms with Gasteiger partial charge >= 0.3 is 11.8 Å². The molecule has 2 rings (SSSR count). The number of benzene rings is 2. The average Bonchev–Trinajstić information content (AvgIpc) is 2.46. The van der Waals surface area contributed by atoms with Crippen molar-refractivity contribution in [3.63, 3.8) is 0 Å². The average molecular weight is 298 g/mol. The van der Waals surface area contributed by atoms with Crippen LogP contribution in [-0.4, -0.2) is 16.9 Å². The van der Waals surface area contributed by atoms with Crippen molar-refractivity contribution in [3.05, 3.63) is 53.1 Å². The molecule has 2 aromatic carbocycles. The second-order valence-corrected chi connectivity index (χ2v) is 5.23. The van der Waals surface area contributed by atoms with Gasteiger partial charge in [0.25, 0.3) is 0 Å². The van der Waals surface area contributed by atoms with E-state index in [1.807, 2.05) is 26.8 Å². The van der Waals surface area contributed by atoms with Crippen molar-refractivity contribution >= 4 is 23.2 Å². The molecule has 5 heteroatoms. The minimum Gasteiger partial charge on any atom is -0.506 e. The monoisotopic (exact) mass is 298 g/mol. The summed E-state index contributed by atoms with van der Waals surface area (Å²) in [5.41, 5.74) is 3.75. The van der Waals surface area contributed by atoms with Crippen LogP contribution in [0, 0.1) is 20.8 Å². The highest BCUT2D eigenvalue weighted by Gasteiger charge is 2.16. The highest BCUT2D eigenvalue weighted by molar-refractivity contribution is 6.43. The van der Waals surface area contributed by atoms with Crippen LogP contribution < -0.4 is 10.6 Å². The first-order valence-electron chi connectivity index (χ1n) is 6.86. The smallest absolute Gasteiger partial charge is 0.314 e. The van der Waals surface area contributed by atoms with Crippen LogP contribution in [0.1, 0.15) is 16.7 Å². The van der Waals surface area contributed by atoms with E-state index < -0.39 is 11.8 Å². The molecule has 0 bridgehead atoms. The van der Waals surface area contributed by atoms with Gasteiger partial charge in [-0.25, -0.2) is 0 Å². The maximum atomic E-state index is 11.9. The summed E-state index contributed by atoms with van der Waals surface area (Å²) in [6, 6.07) is 10.2. The second-order valence-electron chi connectivity index (χ2n) is 5.23. The van der Waals surface area contributed by atoms with Gasteiger partial charge in [0.15, 0.2) is 0 Å². The van der Waals surface area contributed by atoms with E-state index in [2.05, 4.69) is 10.6 Å². The predicted octanol–water partition coefficient (Wildman–Crippen LogP) is 2.89. The molecule has 0 aliphatic carbocycles. The topological polar surface area (TPSA) is 78.4 Å². The maximum absolute atomic E-state index is 11.9. The lowest BCUT2D eigenvalue weighted by Gasteiger charge is -2.09. The van der Waals surface area contributed by atoms with Gasteiger partial charge < -0.3 is 15.7 Å². The number of hydrogen-bond donors (Lipinski definition) is 3. The van der Waals surface area contributed by atoms with Crippen LogP contribution >= 0.6 is 0 Å². The molecule has 0 radical (unpaired) electrons. The Hall–Kier alpha value is -2.82. The molecule has 3 N–H and O–H groups in total. The van der Waals surface area contributed by atoms with Crippen LogP contribution in [0.3, 0.4) is 0 Å². The Morgan fingerprint density at radius 2 is 1.55 bits per heavy atom. The molecule has 0 spiro atoms. The van der Waals surface area contributed by atoms with E-state index in [1.54, 1.807) is 24.3 Å². The molecule has 5 nitrogen and oxygen atoms in total. The van der Waals surface area contributed by atoms with Crippen molar-refractivity contribution in [1.82, 2.24) is 0 Å². The van der Waals surface area contributed by atoms with E-state index in [0.717, 1.165) is 16.7 Å². The quantitative estimate of drug-likeness (QED) is 0.589. The summed E-state index contributed by atoms with van der Waals surface area (Å²) in [4.78, 5) is 23.8. The molecule has 0 aromatic heterocycles. The molecule has 0 aliphatic heterocycles. The number of anilines is 2. The number of phenols is 1. The molecule has 0 heterocycles. The lowest BCUT2D eigenvalue weighted by molar-refractivity contribution is -0.133. The molecular weight excluding hydrogens is 280 g/mol. The van der Waals surface area contributed by atoms with Gasteiger partial charge in [-0.2, -0.15) is 0 Å². The SMILES string of the molecule is Cc1ccc(O)c(NC(=O)C(=O)Nc2ccc(C)c(C)c2)c1. The molecule has 0 saturated heterocycles. The first-order chi connectivity index (χ1) is 10.4. The molecule has 0 atom stereocenters. The molecule has 22 heavy (non-hydrogen) atoms. The third-order valence-corrected chi connectivity index (χ3v) is 3.37. The highest BCUT2D eigenvalue weighted by Crippen LogP contribution is 2.23. The zero-order valence-corrected chi connectivity index (χ0v) is 12.7. The molecule has 0 unspecified atom stereocenters. The molecule has 114 valence electrons. The number of amides is 2. The number of hydrogen-bond acceptors (Lipinski definition) is 3. The Labute approximate surface area is 129 Å². The number of nitrogens with one attached hydrogen (secondary N) is 2. The first kappa shape index (κ1) is 15.6. The molecule has 2 amide bonds. The van der Waals surface area contributed by atoms with Crippen molar-refractivity contribution in [3.8, 4) is 5.75 Å². The van der Waals surface area contributed by atoms with E-state index in [4.69, 9.17) is 0 Å². The lowest BCUT2D eigenvalue weighted by atomic mass is 10.1. The second kappa shape index (κ2) is 6.30. The minimum absolute atomic E-state index is 0.0852. The van der Waals surface area contributed by atoms with E-state index in [0.29, 0.717) is 5.69 Å². The predicted molar refractivity (Wildman–Crippen MR) is 86.0 cm³/mol. The molecule has 0 saturated carbocycles. The highest BCUT2D eigenvalue weighted by atomic mass is 16.3. The van der Waals surface area contributed by atoms with Gasteiger partial charge in [0.05, 0.1) is 5.69 Å². The van der Waals surface area contributed by atoms with Gasteiger partial charge in [-0.15, -0.1) is 0 Å². The third kappa shape index (κ3) is 3.63. The van der Waals surface area contributed by atoms with E-state index >= 15 is 0 Å². The van der Waals surface area contributed by atoms with Gasteiger partial charge in [0.1, 0.15) is 5.75 Å². The Kier molecular flexibility index (Phi) is 4.46. The Bertz CT molecular complexity index is 739. The van der Waals surface area contributed by atoms with Crippen molar-refractivity contribution < 1.29 is 14.7 Å². The molecule has 0 aliphatic rings. The largest absolute Gasteiger partial charge is 0.506 e. The Balaban J connectivity index is 2.07. The fraction of sp³-hybridized carbons (Fsp3) is 0.176. The molecule has 0 fully saturated rings. The number of carbonyl (C=O) groups excluding carboxylic acids is 2. The van der Waals surface area contributed by atoms with Crippen LogP contribution in [0.5, 0.6) is 5.75 Å². The fourth-order valence-electron chi connectivity index (χ4n) is 1.94. The van der Waals surface area contributed by atoms with Crippen LogP contribution in [0.15, 0.2) is 36.4 Å². The van der Waals surface area contributed by atoms with Crippen LogP contribution in [0.4, 0.5) is 11.4 Å². The molecule has 2 aromatic rings. The van der Waals surface area contributed by atoms with Gasteiger partial charge in [-0.1, -0.05) is 12.1 Å². The Morgan fingerprint density at radius 1 is 0.864 bits per heavy atom. The summed E-state index contributed by atoms with van der Waals surface area (Å²) in [5.74, 6) is -1.71. The maximum Gasteiger partial charge on any atom is 0.314 e. The normalized spacial score (nSPS) is 10.1. The number of carbonyl (C=O) groups is 2. The van der Waals surface area contributed by atoms with Crippen molar-refractivity contribution in [2.75, 3.05) is 10.6 Å². The van der Waals surface area contributed by atoms with Crippen LogP contribution in [0.25, 0.3) is 0 Å². The third-order valence-electron chi connectivity index (χ3n) is 3.37. The van der Waals surface area contributed by atoms with Crippen molar-refractivity contribution in [2.45, 2.75) is 20.8 Å². The summed E-state index contributed by atoms with van der Waals surface area (Å²) in [5, 5.41) is 14.6. The van der Waals surface area contributed by atoms with Crippen molar-refractivity contribution in [2.24, 2.45) is 0 Å². The number of aryl methyl sites for hydroxylation is 3.